The van der Waals surface area contributed by atoms with Crippen molar-refractivity contribution in [2.24, 2.45) is 86.9 Å². The lowest BCUT2D eigenvalue weighted by atomic mass is 9.83. The van der Waals surface area contributed by atoms with Gasteiger partial charge in [0, 0.05) is 60.4 Å². The summed E-state index contributed by atoms with van der Waals surface area (Å²) in [6.45, 7) is 10.9. The van der Waals surface area contributed by atoms with E-state index in [2.05, 4.69) is 34.6 Å². The summed E-state index contributed by atoms with van der Waals surface area (Å²) in [5, 5.41) is 0. The van der Waals surface area contributed by atoms with Gasteiger partial charge in [-0.15, -0.1) is 0 Å². The Bertz CT molecular complexity index is 642. The van der Waals surface area contributed by atoms with Gasteiger partial charge in [0.25, 0.3) is 0 Å². The van der Waals surface area contributed by atoms with Gasteiger partial charge in [-0.1, -0.05) is 47.5 Å². The third-order valence-corrected chi connectivity index (χ3v) is 11.7. The molecule has 10 nitrogen and oxygen atoms in total. The van der Waals surface area contributed by atoms with Crippen molar-refractivity contribution >= 4 is 0 Å². The zero-order valence-corrected chi connectivity index (χ0v) is 30.0. The summed E-state index contributed by atoms with van der Waals surface area (Å²) in [4.78, 5) is 0. The molecule has 5 aliphatic carbocycles. The van der Waals surface area contributed by atoms with Crippen molar-refractivity contribution in [2.45, 2.75) is 191 Å². The van der Waals surface area contributed by atoms with Crippen molar-refractivity contribution in [2.75, 3.05) is 0 Å². The molecule has 5 saturated carbocycles. The molecule has 45 heavy (non-hydrogen) atoms. The van der Waals surface area contributed by atoms with Crippen molar-refractivity contribution in [3.05, 3.63) is 0 Å². The van der Waals surface area contributed by atoms with Crippen LogP contribution in [0, 0.1) is 29.6 Å². The zero-order valence-electron chi connectivity index (χ0n) is 30.0. The van der Waals surface area contributed by atoms with E-state index in [4.69, 9.17) is 57.3 Å². The highest BCUT2D eigenvalue weighted by molar-refractivity contribution is 4.85. The Morgan fingerprint density at radius 2 is 0.511 bits per heavy atom. The third-order valence-electron chi connectivity index (χ3n) is 11.7. The summed E-state index contributed by atoms with van der Waals surface area (Å²) >= 11 is 0. The summed E-state index contributed by atoms with van der Waals surface area (Å²) < 4.78 is 0. The van der Waals surface area contributed by atoms with Crippen LogP contribution in [0.1, 0.15) is 131 Å². The van der Waals surface area contributed by atoms with Crippen LogP contribution in [0.3, 0.4) is 0 Å². The molecule has 14 atom stereocenters. The van der Waals surface area contributed by atoms with Gasteiger partial charge in [0.1, 0.15) is 0 Å². The minimum absolute atomic E-state index is 0.355. The molecule has 1 unspecified atom stereocenters. The Morgan fingerprint density at radius 1 is 0.289 bits per heavy atom. The second kappa shape index (κ2) is 22.3. The predicted molar refractivity (Wildman–Crippen MR) is 195 cm³/mol. The van der Waals surface area contributed by atoms with E-state index in [1.165, 1.54) is 32.1 Å². The largest absolute Gasteiger partial charge is 0.328 e. The van der Waals surface area contributed by atoms with E-state index in [1.807, 2.05) is 0 Å². The second-order valence-corrected chi connectivity index (χ2v) is 15.9. The number of rotatable bonds is 0. The summed E-state index contributed by atoms with van der Waals surface area (Å²) in [5.41, 5.74) is 57.6. The second-order valence-electron chi connectivity index (χ2n) is 15.9. The molecule has 0 saturated heterocycles. The minimum atomic E-state index is 0.355. The summed E-state index contributed by atoms with van der Waals surface area (Å²) in [6, 6.07) is 3.60. The zero-order chi connectivity index (χ0) is 34.3. The first kappa shape index (κ1) is 42.6. The standard InChI is InChI=1S/5C7H16N2/c3*1-5-2-3-6(8)4-7(5)9;2*1-5-6(8)3-2-4-7(5)9/h5*5-7H,2-4,8-9H2,1H3/t5-,6+,7-;5-,6-,7+;5-,6-,7-;6-,7-;5?,6-,7+/m1111./s1. The van der Waals surface area contributed by atoms with Gasteiger partial charge < -0.3 is 57.3 Å². The van der Waals surface area contributed by atoms with Gasteiger partial charge >= 0.3 is 0 Å². The Kier molecular flexibility index (Phi) is 21.1. The molecule has 5 fully saturated rings. The first-order valence-electron chi connectivity index (χ1n) is 18.6. The lowest BCUT2D eigenvalue weighted by Gasteiger charge is -2.30. The maximum absolute atomic E-state index is 5.79. The van der Waals surface area contributed by atoms with Crippen LogP contribution < -0.4 is 57.3 Å². The van der Waals surface area contributed by atoms with Gasteiger partial charge in [0.15, 0.2) is 0 Å². The molecule has 0 aromatic heterocycles. The first-order chi connectivity index (χ1) is 21.0. The van der Waals surface area contributed by atoms with Crippen molar-refractivity contribution < 1.29 is 0 Å². The molecule has 0 bridgehead atoms. The van der Waals surface area contributed by atoms with Crippen LogP contribution in [0.15, 0.2) is 0 Å². The maximum atomic E-state index is 5.79. The van der Waals surface area contributed by atoms with Crippen LogP contribution in [0.25, 0.3) is 0 Å². The molecule has 5 aliphatic rings. The van der Waals surface area contributed by atoms with Crippen LogP contribution in [0.5, 0.6) is 0 Å². The van der Waals surface area contributed by atoms with E-state index in [0.29, 0.717) is 90.0 Å². The van der Waals surface area contributed by atoms with E-state index >= 15 is 0 Å². The van der Waals surface area contributed by atoms with Crippen LogP contribution in [0.4, 0.5) is 0 Å². The Balaban J connectivity index is 0.000000281. The molecule has 0 aromatic carbocycles. The topological polar surface area (TPSA) is 260 Å². The number of nitrogens with two attached hydrogens (primary N) is 10. The molecule has 0 heterocycles. The monoisotopic (exact) mass is 641 g/mol. The molecule has 10 heteroatoms. The van der Waals surface area contributed by atoms with Crippen LogP contribution in [0.2, 0.25) is 0 Å². The van der Waals surface area contributed by atoms with Crippen LogP contribution in [-0.4, -0.2) is 60.4 Å². The Labute approximate surface area is 278 Å². The van der Waals surface area contributed by atoms with Gasteiger partial charge in [0.2, 0.25) is 0 Å². The Morgan fingerprint density at radius 3 is 0.667 bits per heavy atom. The van der Waals surface area contributed by atoms with E-state index < -0.39 is 0 Å². The van der Waals surface area contributed by atoms with Crippen molar-refractivity contribution in [3.63, 3.8) is 0 Å². The van der Waals surface area contributed by atoms with E-state index in [9.17, 15) is 0 Å². The minimum Gasteiger partial charge on any atom is -0.328 e. The van der Waals surface area contributed by atoms with Gasteiger partial charge in [-0.25, -0.2) is 0 Å². The van der Waals surface area contributed by atoms with Crippen LogP contribution in [-0.2, 0) is 0 Å². The van der Waals surface area contributed by atoms with Gasteiger partial charge in [-0.05, 0) is 113 Å². The first-order valence-corrected chi connectivity index (χ1v) is 18.6. The van der Waals surface area contributed by atoms with Crippen LogP contribution >= 0.6 is 0 Å². The molecule has 0 spiro atoms. The van der Waals surface area contributed by atoms with E-state index in [1.54, 1.807) is 0 Å². The molecule has 0 radical (unpaired) electrons. The molecule has 20 N–H and O–H groups in total. The highest BCUT2D eigenvalue weighted by Crippen LogP contribution is 2.24. The summed E-state index contributed by atoms with van der Waals surface area (Å²) in [7, 11) is 0. The fraction of sp³-hybridized carbons (Fsp3) is 1.00. The highest BCUT2D eigenvalue weighted by Gasteiger charge is 2.26. The smallest absolute Gasteiger partial charge is 0.00792 e. The van der Waals surface area contributed by atoms with E-state index in [-0.39, 0.29) is 0 Å². The SMILES string of the molecule is CC1[C@H](N)CCC[C@@H]1N.CC1[C@H](N)CCC[C@H]1N.C[C@@H]1CC[C@@H](N)C[C@@H]1N.C[C@@H]1CC[C@@H](N)C[C@H]1N.C[C@@H]1CC[C@H](N)C[C@H]1N. The van der Waals surface area contributed by atoms with Gasteiger partial charge in [-0.3, -0.25) is 0 Å². The molecule has 270 valence electrons. The molecular weight excluding hydrogens is 560 g/mol. The highest BCUT2D eigenvalue weighted by atomic mass is 14.8. The average molecular weight is 641 g/mol. The third kappa shape index (κ3) is 17.0. The van der Waals surface area contributed by atoms with Crippen molar-refractivity contribution in [1.82, 2.24) is 0 Å². The fourth-order valence-electron chi connectivity index (χ4n) is 7.04. The normalized spacial score (nSPS) is 43.8. The Hall–Kier alpha value is -0.400. The summed E-state index contributed by atoms with van der Waals surface area (Å²) in [5.74, 6) is 3.11. The molecule has 0 aromatic rings. The molecule has 0 amide bonds. The van der Waals surface area contributed by atoms with Gasteiger partial charge in [0.05, 0.1) is 0 Å². The lowest BCUT2D eigenvalue weighted by Crippen LogP contribution is -2.44. The summed E-state index contributed by atoms with van der Waals surface area (Å²) in [6.07, 6.45) is 17.2. The average Bonchev–Trinajstić information content (AvgIpc) is 2.98. The van der Waals surface area contributed by atoms with E-state index in [0.717, 1.165) is 64.2 Å². The quantitative estimate of drug-likeness (QED) is 0.185. The number of hydrogen-bond acceptors (Lipinski definition) is 10. The predicted octanol–water partition coefficient (Wildman–Crippen LogP) is 2.31. The lowest BCUT2D eigenvalue weighted by molar-refractivity contribution is 0.287. The van der Waals surface area contributed by atoms with Crippen molar-refractivity contribution in [1.29, 1.82) is 0 Å². The maximum Gasteiger partial charge on any atom is 0.00792 e. The molecule has 5 rings (SSSR count). The van der Waals surface area contributed by atoms with Crippen molar-refractivity contribution in [3.8, 4) is 0 Å². The molecule has 0 aliphatic heterocycles. The molecular formula is C35H80N10. The van der Waals surface area contributed by atoms with Gasteiger partial charge in [-0.2, -0.15) is 0 Å². The number of hydrogen-bond donors (Lipinski definition) is 10. The fourth-order valence-corrected chi connectivity index (χ4v) is 7.04.